The van der Waals surface area contributed by atoms with Gasteiger partial charge in [-0.25, -0.2) is 0 Å². The van der Waals surface area contributed by atoms with Crippen LogP contribution in [0.3, 0.4) is 0 Å². The molecule has 0 unspecified atom stereocenters. The third-order valence-corrected chi connectivity index (χ3v) is 5.17. The zero-order valence-corrected chi connectivity index (χ0v) is 14.1. The fourth-order valence-electron chi connectivity index (χ4n) is 3.42. The number of rotatable bonds is 0. The summed E-state index contributed by atoms with van der Waals surface area (Å²) in [5.74, 6) is 1.34. The van der Waals surface area contributed by atoms with Gasteiger partial charge in [-0.05, 0) is 22.9 Å². The fraction of sp³-hybridized carbons (Fsp3) is 0. The average molecular weight is 375 g/mol. The molecule has 1 aliphatic rings. The van der Waals surface area contributed by atoms with Gasteiger partial charge in [0, 0.05) is 20.8 Å². The first kappa shape index (κ1) is 13.8. The van der Waals surface area contributed by atoms with E-state index in [1.54, 1.807) is 0 Å². The van der Waals surface area contributed by atoms with Crippen LogP contribution in [0.5, 0.6) is 11.5 Å². The number of fused-ring (bicyclic) bond motifs is 3. The molecule has 114 valence electrons. The fourth-order valence-corrected chi connectivity index (χ4v) is 3.99. The Hall–Kier alpha value is -2.65. The maximum atomic E-state index is 13.2. The van der Waals surface area contributed by atoms with Gasteiger partial charge in [0.1, 0.15) is 11.5 Å². The number of hydrogen-bond acceptors (Lipinski definition) is 2. The van der Waals surface area contributed by atoms with Gasteiger partial charge in [-0.1, -0.05) is 70.5 Å². The van der Waals surface area contributed by atoms with Crippen molar-refractivity contribution in [2.75, 3.05) is 0 Å². The molecule has 3 heteroatoms. The van der Waals surface area contributed by atoms with Gasteiger partial charge in [-0.15, -0.1) is 0 Å². The molecule has 0 spiro atoms. The molecule has 4 aromatic rings. The van der Waals surface area contributed by atoms with E-state index in [-0.39, 0.29) is 5.78 Å². The Kier molecular flexibility index (Phi) is 2.82. The van der Waals surface area contributed by atoms with E-state index in [0.717, 1.165) is 31.8 Å². The normalized spacial score (nSPS) is 12.8. The Bertz CT molecular complexity index is 1160. The van der Waals surface area contributed by atoms with E-state index in [1.807, 2.05) is 66.7 Å². The number of ketones is 1. The maximum Gasteiger partial charge on any atom is 0.197 e. The van der Waals surface area contributed by atoms with Crippen molar-refractivity contribution in [2.45, 2.75) is 0 Å². The molecule has 2 nitrogen and oxygen atoms in total. The molecule has 0 fully saturated rings. The second-order valence-corrected chi connectivity index (χ2v) is 6.73. The van der Waals surface area contributed by atoms with Crippen LogP contribution in [0.4, 0.5) is 0 Å². The van der Waals surface area contributed by atoms with Crippen LogP contribution in [0.2, 0.25) is 0 Å². The Labute approximate surface area is 146 Å². The van der Waals surface area contributed by atoms with Crippen LogP contribution in [0, 0.1) is 0 Å². The van der Waals surface area contributed by atoms with E-state index in [4.69, 9.17) is 4.74 Å². The van der Waals surface area contributed by atoms with Crippen molar-refractivity contribution in [1.82, 2.24) is 0 Å². The van der Waals surface area contributed by atoms with Gasteiger partial charge >= 0.3 is 0 Å². The van der Waals surface area contributed by atoms with Gasteiger partial charge in [-0.3, -0.25) is 4.79 Å². The molecule has 0 saturated heterocycles. The van der Waals surface area contributed by atoms with Crippen molar-refractivity contribution in [1.29, 1.82) is 0 Å². The monoisotopic (exact) mass is 374 g/mol. The minimum absolute atomic E-state index is 0.00740. The molecule has 0 aromatic heterocycles. The summed E-state index contributed by atoms with van der Waals surface area (Å²) in [7, 11) is 0. The summed E-state index contributed by atoms with van der Waals surface area (Å²) in [5.41, 5.74) is 1.27. The van der Waals surface area contributed by atoms with Crippen molar-refractivity contribution in [2.24, 2.45) is 0 Å². The molecule has 0 aliphatic carbocycles. The molecule has 0 radical (unpaired) electrons. The number of benzene rings is 4. The lowest BCUT2D eigenvalue weighted by Crippen LogP contribution is -2.02. The predicted molar refractivity (Wildman–Crippen MR) is 99.1 cm³/mol. The molecule has 1 aliphatic heterocycles. The maximum absolute atomic E-state index is 13.2. The molecular formula is C21H11BrO2. The molecule has 0 N–H and O–H groups in total. The highest BCUT2D eigenvalue weighted by Gasteiger charge is 2.26. The summed E-state index contributed by atoms with van der Waals surface area (Å²) in [6.07, 6.45) is 0. The molecule has 5 rings (SSSR count). The van der Waals surface area contributed by atoms with Crippen molar-refractivity contribution >= 4 is 43.3 Å². The predicted octanol–water partition coefficient (Wildman–Crippen LogP) is 6.09. The first-order chi connectivity index (χ1) is 11.7. The number of carbonyl (C=O) groups is 1. The second kappa shape index (κ2) is 4.92. The number of hydrogen-bond donors (Lipinski definition) is 0. The first-order valence-corrected chi connectivity index (χ1v) is 8.49. The Morgan fingerprint density at radius 2 is 1.54 bits per heavy atom. The zero-order chi connectivity index (χ0) is 16.3. The summed E-state index contributed by atoms with van der Waals surface area (Å²) in [6.45, 7) is 0. The standard InChI is InChI=1S/C21H11BrO2/c22-17-11-16-20(23)15-9-3-5-12-6-4-10-18(19(12)15)24-21(16)14-8-2-1-7-13(14)17/h1-11H. The molecule has 0 atom stereocenters. The lowest BCUT2D eigenvalue weighted by atomic mass is 9.96. The molecule has 4 aromatic carbocycles. The Balaban J connectivity index is 1.96. The van der Waals surface area contributed by atoms with E-state index in [0.29, 0.717) is 16.9 Å². The highest BCUT2D eigenvalue weighted by molar-refractivity contribution is 9.10. The highest BCUT2D eigenvalue weighted by atomic mass is 79.9. The van der Waals surface area contributed by atoms with E-state index >= 15 is 0 Å². The van der Waals surface area contributed by atoms with Crippen molar-refractivity contribution in [3.63, 3.8) is 0 Å². The SMILES string of the molecule is O=C1c2cc(Br)c3ccccc3c2Oc2cccc3cccc1c23. The summed E-state index contributed by atoms with van der Waals surface area (Å²) >= 11 is 3.59. The van der Waals surface area contributed by atoms with Crippen LogP contribution >= 0.6 is 15.9 Å². The van der Waals surface area contributed by atoms with Crippen LogP contribution in [-0.2, 0) is 0 Å². The third kappa shape index (κ3) is 1.79. The Morgan fingerprint density at radius 1 is 0.792 bits per heavy atom. The van der Waals surface area contributed by atoms with Crippen LogP contribution < -0.4 is 4.74 Å². The van der Waals surface area contributed by atoms with Crippen molar-refractivity contribution in [3.05, 3.63) is 82.3 Å². The summed E-state index contributed by atoms with van der Waals surface area (Å²) in [5, 5.41) is 3.85. The van der Waals surface area contributed by atoms with Gasteiger partial charge in [0.25, 0.3) is 0 Å². The van der Waals surface area contributed by atoms with Gasteiger partial charge in [0.2, 0.25) is 0 Å². The molecule has 0 bridgehead atoms. The highest BCUT2D eigenvalue weighted by Crippen LogP contribution is 2.44. The van der Waals surface area contributed by atoms with Gasteiger partial charge in [-0.2, -0.15) is 0 Å². The largest absolute Gasteiger partial charge is 0.455 e. The van der Waals surface area contributed by atoms with Crippen LogP contribution in [0.1, 0.15) is 15.9 Å². The van der Waals surface area contributed by atoms with E-state index in [9.17, 15) is 4.79 Å². The minimum Gasteiger partial charge on any atom is -0.455 e. The molecule has 1 heterocycles. The topological polar surface area (TPSA) is 26.3 Å². The van der Waals surface area contributed by atoms with Crippen LogP contribution in [0.15, 0.2) is 71.2 Å². The van der Waals surface area contributed by atoms with Gasteiger partial charge in [0.05, 0.1) is 5.56 Å². The van der Waals surface area contributed by atoms with E-state index < -0.39 is 0 Å². The minimum atomic E-state index is -0.00740. The summed E-state index contributed by atoms with van der Waals surface area (Å²) in [6, 6.07) is 21.5. The molecule has 0 saturated carbocycles. The number of halogens is 1. The molecular weight excluding hydrogens is 364 g/mol. The van der Waals surface area contributed by atoms with Crippen LogP contribution in [0.25, 0.3) is 21.5 Å². The van der Waals surface area contributed by atoms with Crippen molar-refractivity contribution < 1.29 is 9.53 Å². The summed E-state index contributed by atoms with van der Waals surface area (Å²) in [4.78, 5) is 13.2. The van der Waals surface area contributed by atoms with Crippen molar-refractivity contribution in [3.8, 4) is 11.5 Å². The second-order valence-electron chi connectivity index (χ2n) is 5.87. The Morgan fingerprint density at radius 3 is 2.38 bits per heavy atom. The first-order valence-electron chi connectivity index (χ1n) is 7.69. The number of carbonyl (C=O) groups excluding carboxylic acids is 1. The van der Waals surface area contributed by atoms with Crippen LogP contribution in [-0.4, -0.2) is 5.78 Å². The molecule has 24 heavy (non-hydrogen) atoms. The van der Waals surface area contributed by atoms with E-state index in [1.165, 1.54) is 0 Å². The van der Waals surface area contributed by atoms with E-state index in [2.05, 4.69) is 15.9 Å². The van der Waals surface area contributed by atoms with Gasteiger partial charge in [0.15, 0.2) is 5.78 Å². The molecule has 0 amide bonds. The summed E-state index contributed by atoms with van der Waals surface area (Å²) < 4.78 is 7.17. The quantitative estimate of drug-likeness (QED) is 0.327. The smallest absolute Gasteiger partial charge is 0.197 e. The zero-order valence-electron chi connectivity index (χ0n) is 12.5. The number of ether oxygens (including phenoxy) is 1. The lowest BCUT2D eigenvalue weighted by molar-refractivity contribution is 0.103. The van der Waals surface area contributed by atoms with Gasteiger partial charge < -0.3 is 4.74 Å². The lowest BCUT2D eigenvalue weighted by Gasteiger charge is -2.12. The average Bonchev–Trinajstić information content (AvgIpc) is 2.74. The third-order valence-electron chi connectivity index (χ3n) is 4.51.